The molecule has 4 heteroatoms. The molecule has 2 bridgehead atoms. The van der Waals surface area contributed by atoms with Gasteiger partial charge in [-0.15, -0.1) is 0 Å². The largest absolute Gasteiger partial charge is 0.366 e. The maximum absolute atomic E-state index is 13.8. The van der Waals surface area contributed by atoms with Gasteiger partial charge >= 0.3 is 0 Å². The smallest absolute Gasteiger partial charge is 0.147 e. The molecule has 0 saturated carbocycles. The Labute approximate surface area is 99.4 Å². The number of fused-ring (bicyclic) bond motifs is 2. The molecule has 0 unspecified atom stereocenters. The highest BCUT2D eigenvalue weighted by Gasteiger charge is 2.32. The number of anilines is 1. The Morgan fingerprint density at radius 2 is 1.94 bits per heavy atom. The predicted octanol–water partition coefficient (Wildman–Crippen LogP) is 2.42. The summed E-state index contributed by atoms with van der Waals surface area (Å²) < 4.78 is 13.8. The molecule has 2 atom stereocenters. The van der Waals surface area contributed by atoms with Gasteiger partial charge in [0.2, 0.25) is 0 Å². The minimum atomic E-state index is -0.214. The van der Waals surface area contributed by atoms with Crippen LogP contribution in [0.4, 0.5) is 10.1 Å². The van der Waals surface area contributed by atoms with Crippen LogP contribution in [0.3, 0.4) is 0 Å². The summed E-state index contributed by atoms with van der Waals surface area (Å²) in [6.45, 7) is 1.80. The summed E-state index contributed by atoms with van der Waals surface area (Å²) in [6, 6.07) is 5.97. The number of piperazine rings is 1. The van der Waals surface area contributed by atoms with Crippen molar-refractivity contribution >= 4 is 17.3 Å². The summed E-state index contributed by atoms with van der Waals surface area (Å²) >= 11 is 5.75. The molecule has 0 radical (unpaired) electrons. The summed E-state index contributed by atoms with van der Waals surface area (Å²) in [5.41, 5.74) is 0.683. The standard InChI is InChI=1S/C12H14ClFN2/c13-8-1-4-12(11(14)5-8)16-6-9-2-3-10(7-16)15-9/h1,4-5,9-10,15H,2-3,6-7H2/t9-,10+. The number of halogens is 2. The van der Waals surface area contributed by atoms with Crippen molar-refractivity contribution in [2.45, 2.75) is 24.9 Å². The lowest BCUT2D eigenvalue weighted by atomic mass is 10.2. The topological polar surface area (TPSA) is 15.3 Å². The predicted molar refractivity (Wildman–Crippen MR) is 63.6 cm³/mol. The lowest BCUT2D eigenvalue weighted by Gasteiger charge is -2.34. The van der Waals surface area contributed by atoms with Crippen LogP contribution in [0.15, 0.2) is 18.2 Å². The minimum Gasteiger partial charge on any atom is -0.366 e. The number of nitrogens with zero attached hydrogens (tertiary/aromatic N) is 1. The zero-order chi connectivity index (χ0) is 11.1. The van der Waals surface area contributed by atoms with Gasteiger partial charge in [-0.1, -0.05) is 11.6 Å². The second-order valence-corrected chi connectivity index (χ2v) is 5.08. The van der Waals surface area contributed by atoms with Gasteiger partial charge in [-0.3, -0.25) is 0 Å². The van der Waals surface area contributed by atoms with Crippen LogP contribution < -0.4 is 10.2 Å². The molecule has 1 aromatic carbocycles. The van der Waals surface area contributed by atoms with Crippen molar-refractivity contribution in [3.63, 3.8) is 0 Å². The molecule has 0 aromatic heterocycles. The maximum atomic E-state index is 13.8. The lowest BCUT2D eigenvalue weighted by molar-refractivity contribution is 0.460. The van der Waals surface area contributed by atoms with Crippen molar-refractivity contribution in [1.82, 2.24) is 5.32 Å². The second-order valence-electron chi connectivity index (χ2n) is 4.64. The van der Waals surface area contributed by atoms with Crippen molar-refractivity contribution in [3.05, 3.63) is 29.0 Å². The van der Waals surface area contributed by atoms with Crippen molar-refractivity contribution in [3.8, 4) is 0 Å². The van der Waals surface area contributed by atoms with Gasteiger partial charge in [-0.25, -0.2) is 4.39 Å². The summed E-state index contributed by atoms with van der Waals surface area (Å²) in [7, 11) is 0. The van der Waals surface area contributed by atoms with E-state index in [0.29, 0.717) is 22.8 Å². The van der Waals surface area contributed by atoms with Gasteiger partial charge in [0.15, 0.2) is 0 Å². The van der Waals surface area contributed by atoms with Gasteiger partial charge in [-0.05, 0) is 31.0 Å². The fraction of sp³-hybridized carbons (Fsp3) is 0.500. The summed E-state index contributed by atoms with van der Waals surface area (Å²) in [4.78, 5) is 2.13. The molecule has 2 saturated heterocycles. The molecule has 0 spiro atoms. The number of nitrogens with one attached hydrogen (secondary N) is 1. The number of hydrogen-bond acceptors (Lipinski definition) is 2. The van der Waals surface area contributed by atoms with Crippen LogP contribution in [-0.2, 0) is 0 Å². The van der Waals surface area contributed by atoms with Gasteiger partial charge in [0.1, 0.15) is 5.82 Å². The third-order valence-corrected chi connectivity index (χ3v) is 3.70. The first-order chi connectivity index (χ1) is 7.72. The first kappa shape index (κ1) is 10.4. The fourth-order valence-corrected chi connectivity index (χ4v) is 2.89. The Kier molecular flexibility index (Phi) is 2.52. The minimum absolute atomic E-state index is 0.214. The van der Waals surface area contributed by atoms with Crippen LogP contribution in [0.25, 0.3) is 0 Å². The maximum Gasteiger partial charge on any atom is 0.147 e. The van der Waals surface area contributed by atoms with E-state index in [1.165, 1.54) is 18.9 Å². The molecule has 3 rings (SSSR count). The first-order valence-electron chi connectivity index (χ1n) is 5.68. The van der Waals surface area contributed by atoms with Crippen LogP contribution in [-0.4, -0.2) is 25.2 Å². The van der Waals surface area contributed by atoms with E-state index in [4.69, 9.17) is 11.6 Å². The summed E-state index contributed by atoms with van der Waals surface area (Å²) in [6.07, 6.45) is 2.41. The van der Waals surface area contributed by atoms with Gasteiger partial charge in [0.25, 0.3) is 0 Å². The quantitative estimate of drug-likeness (QED) is 0.811. The second kappa shape index (κ2) is 3.90. The Morgan fingerprint density at radius 1 is 1.25 bits per heavy atom. The van der Waals surface area contributed by atoms with E-state index in [9.17, 15) is 4.39 Å². The molecule has 2 aliphatic heterocycles. The zero-order valence-electron chi connectivity index (χ0n) is 8.92. The van der Waals surface area contributed by atoms with Crippen molar-refractivity contribution in [1.29, 1.82) is 0 Å². The number of benzene rings is 1. The molecule has 2 heterocycles. The highest BCUT2D eigenvalue weighted by atomic mass is 35.5. The van der Waals surface area contributed by atoms with Gasteiger partial charge in [0, 0.05) is 30.2 Å². The van der Waals surface area contributed by atoms with Gasteiger partial charge < -0.3 is 10.2 Å². The van der Waals surface area contributed by atoms with Crippen LogP contribution in [0.5, 0.6) is 0 Å². The van der Waals surface area contributed by atoms with Crippen LogP contribution in [0, 0.1) is 5.82 Å². The Hall–Kier alpha value is -0.800. The Morgan fingerprint density at radius 3 is 2.56 bits per heavy atom. The SMILES string of the molecule is Fc1cc(Cl)ccc1N1C[C@H]2CC[C@@H](C1)N2. The van der Waals surface area contributed by atoms with Crippen LogP contribution >= 0.6 is 11.6 Å². The van der Waals surface area contributed by atoms with E-state index in [-0.39, 0.29) is 5.82 Å². The molecule has 16 heavy (non-hydrogen) atoms. The Bertz CT molecular complexity index is 398. The van der Waals surface area contributed by atoms with E-state index in [0.717, 1.165) is 13.1 Å². The fourth-order valence-electron chi connectivity index (χ4n) is 2.73. The highest BCUT2D eigenvalue weighted by molar-refractivity contribution is 6.30. The van der Waals surface area contributed by atoms with E-state index in [1.54, 1.807) is 12.1 Å². The number of rotatable bonds is 1. The van der Waals surface area contributed by atoms with Crippen LogP contribution in [0.2, 0.25) is 5.02 Å². The molecule has 0 amide bonds. The van der Waals surface area contributed by atoms with Crippen molar-refractivity contribution in [2.24, 2.45) is 0 Å². The monoisotopic (exact) mass is 240 g/mol. The normalized spacial score (nSPS) is 28.5. The number of hydrogen-bond donors (Lipinski definition) is 1. The highest BCUT2D eigenvalue weighted by Crippen LogP contribution is 2.28. The van der Waals surface area contributed by atoms with Gasteiger partial charge in [-0.2, -0.15) is 0 Å². The third-order valence-electron chi connectivity index (χ3n) is 3.47. The van der Waals surface area contributed by atoms with E-state index >= 15 is 0 Å². The molecule has 2 fully saturated rings. The molecular weight excluding hydrogens is 227 g/mol. The molecule has 0 aliphatic carbocycles. The van der Waals surface area contributed by atoms with E-state index in [1.807, 2.05) is 0 Å². The summed E-state index contributed by atoms with van der Waals surface area (Å²) in [5.74, 6) is -0.214. The Balaban J connectivity index is 1.87. The van der Waals surface area contributed by atoms with Crippen LogP contribution in [0.1, 0.15) is 12.8 Å². The molecule has 86 valence electrons. The molecule has 2 nitrogen and oxygen atoms in total. The summed E-state index contributed by atoms with van der Waals surface area (Å²) in [5, 5.41) is 3.99. The third kappa shape index (κ3) is 1.78. The molecule has 1 N–H and O–H groups in total. The molecule has 1 aromatic rings. The molecular formula is C12H14ClFN2. The average Bonchev–Trinajstić information content (AvgIpc) is 2.58. The van der Waals surface area contributed by atoms with Crippen molar-refractivity contribution < 1.29 is 4.39 Å². The van der Waals surface area contributed by atoms with Gasteiger partial charge in [0.05, 0.1) is 5.69 Å². The zero-order valence-corrected chi connectivity index (χ0v) is 9.67. The van der Waals surface area contributed by atoms with E-state index < -0.39 is 0 Å². The van der Waals surface area contributed by atoms with Crippen molar-refractivity contribution in [2.75, 3.05) is 18.0 Å². The average molecular weight is 241 g/mol. The first-order valence-corrected chi connectivity index (χ1v) is 6.06. The lowest BCUT2D eigenvalue weighted by Crippen LogP contribution is -2.51. The molecule has 2 aliphatic rings. The van der Waals surface area contributed by atoms with E-state index in [2.05, 4.69) is 10.2 Å².